The molecule has 1 atom stereocenters. The lowest BCUT2D eigenvalue weighted by Gasteiger charge is -2.16. The zero-order valence-electron chi connectivity index (χ0n) is 10.9. The molecule has 1 aromatic rings. The van der Waals surface area contributed by atoms with Gasteiger partial charge >= 0.3 is 0 Å². The maximum atomic E-state index is 6.23. The van der Waals surface area contributed by atoms with Crippen LogP contribution in [-0.4, -0.2) is 25.9 Å². The Morgan fingerprint density at radius 3 is 2.89 bits per heavy atom. The molecular formula is C14H20ClNO2. The number of hydrogen-bond donors (Lipinski definition) is 1. The fourth-order valence-electron chi connectivity index (χ4n) is 1.65. The van der Waals surface area contributed by atoms with Crippen molar-refractivity contribution >= 4 is 11.6 Å². The molecule has 0 saturated heterocycles. The molecule has 1 fully saturated rings. The summed E-state index contributed by atoms with van der Waals surface area (Å²) < 4.78 is 11.0. The van der Waals surface area contributed by atoms with Crippen LogP contribution in [0.2, 0.25) is 5.02 Å². The van der Waals surface area contributed by atoms with E-state index >= 15 is 0 Å². The van der Waals surface area contributed by atoms with Crippen molar-refractivity contribution in [3.63, 3.8) is 0 Å². The van der Waals surface area contributed by atoms with Gasteiger partial charge < -0.3 is 14.8 Å². The van der Waals surface area contributed by atoms with E-state index in [0.717, 1.165) is 22.9 Å². The lowest BCUT2D eigenvalue weighted by Crippen LogP contribution is -2.19. The molecule has 0 heterocycles. The van der Waals surface area contributed by atoms with Crippen LogP contribution >= 0.6 is 11.6 Å². The third kappa shape index (κ3) is 3.87. The highest BCUT2D eigenvalue weighted by atomic mass is 35.5. The van der Waals surface area contributed by atoms with Crippen molar-refractivity contribution in [2.24, 2.45) is 0 Å². The summed E-state index contributed by atoms with van der Waals surface area (Å²) in [6.07, 6.45) is 2.61. The molecule has 18 heavy (non-hydrogen) atoms. The molecule has 1 aliphatic rings. The monoisotopic (exact) mass is 269 g/mol. The maximum Gasteiger partial charge on any atom is 0.125 e. The van der Waals surface area contributed by atoms with Crippen LogP contribution in [0.15, 0.2) is 18.2 Å². The van der Waals surface area contributed by atoms with E-state index in [2.05, 4.69) is 5.32 Å². The SMILES string of the molecule is COC(C)COc1cccc(Cl)c1CNC1CC1. The molecule has 1 N–H and O–H groups in total. The standard InChI is InChI=1S/C14H20ClNO2/c1-10(17-2)9-18-14-5-3-4-13(15)12(14)8-16-11-6-7-11/h3-5,10-11,16H,6-9H2,1-2H3. The van der Waals surface area contributed by atoms with Gasteiger partial charge in [0.05, 0.1) is 6.10 Å². The maximum absolute atomic E-state index is 6.23. The van der Waals surface area contributed by atoms with Gasteiger partial charge in [-0.1, -0.05) is 17.7 Å². The zero-order valence-corrected chi connectivity index (χ0v) is 11.7. The minimum absolute atomic E-state index is 0.0771. The van der Waals surface area contributed by atoms with Crippen LogP contribution in [0.4, 0.5) is 0 Å². The van der Waals surface area contributed by atoms with E-state index in [9.17, 15) is 0 Å². The molecule has 0 bridgehead atoms. The Balaban J connectivity index is 1.99. The predicted molar refractivity (Wildman–Crippen MR) is 73.3 cm³/mol. The highest BCUT2D eigenvalue weighted by Crippen LogP contribution is 2.28. The summed E-state index contributed by atoms with van der Waals surface area (Å²) in [4.78, 5) is 0. The van der Waals surface area contributed by atoms with Crippen molar-refractivity contribution < 1.29 is 9.47 Å². The van der Waals surface area contributed by atoms with Crippen molar-refractivity contribution in [2.45, 2.75) is 38.5 Å². The zero-order chi connectivity index (χ0) is 13.0. The number of ether oxygens (including phenoxy) is 2. The average molecular weight is 270 g/mol. The van der Waals surface area contributed by atoms with Gasteiger partial charge in [0.2, 0.25) is 0 Å². The van der Waals surface area contributed by atoms with Crippen LogP contribution in [-0.2, 0) is 11.3 Å². The van der Waals surface area contributed by atoms with Crippen molar-refractivity contribution in [2.75, 3.05) is 13.7 Å². The Labute approximate surface area is 113 Å². The molecule has 2 rings (SSSR count). The second-order valence-electron chi connectivity index (χ2n) is 4.73. The molecule has 0 aromatic heterocycles. The molecule has 0 radical (unpaired) electrons. The fourth-order valence-corrected chi connectivity index (χ4v) is 1.89. The summed E-state index contributed by atoms with van der Waals surface area (Å²) in [7, 11) is 1.68. The molecule has 1 aliphatic carbocycles. The minimum Gasteiger partial charge on any atom is -0.491 e. The first-order valence-electron chi connectivity index (χ1n) is 6.37. The summed E-state index contributed by atoms with van der Waals surface area (Å²) in [5.41, 5.74) is 1.04. The first kappa shape index (κ1) is 13.7. The molecule has 1 unspecified atom stereocenters. The minimum atomic E-state index is 0.0771. The van der Waals surface area contributed by atoms with Crippen LogP contribution in [0.5, 0.6) is 5.75 Å². The van der Waals surface area contributed by atoms with E-state index in [4.69, 9.17) is 21.1 Å². The van der Waals surface area contributed by atoms with Crippen molar-refractivity contribution in [1.29, 1.82) is 0 Å². The third-order valence-corrected chi connectivity index (χ3v) is 3.45. The molecule has 4 heteroatoms. The summed E-state index contributed by atoms with van der Waals surface area (Å²) in [6, 6.07) is 6.43. The van der Waals surface area contributed by atoms with Gasteiger partial charge in [0.25, 0.3) is 0 Å². The number of rotatable bonds is 7. The second-order valence-corrected chi connectivity index (χ2v) is 5.14. The topological polar surface area (TPSA) is 30.5 Å². The highest BCUT2D eigenvalue weighted by molar-refractivity contribution is 6.31. The summed E-state index contributed by atoms with van der Waals surface area (Å²) >= 11 is 6.23. The Kier molecular flexibility index (Phi) is 4.87. The third-order valence-electron chi connectivity index (χ3n) is 3.10. The highest BCUT2D eigenvalue weighted by Gasteiger charge is 2.21. The van der Waals surface area contributed by atoms with Gasteiger partial charge in [-0.25, -0.2) is 0 Å². The average Bonchev–Trinajstić information content (AvgIpc) is 3.18. The first-order chi connectivity index (χ1) is 8.70. The largest absolute Gasteiger partial charge is 0.491 e. The van der Waals surface area contributed by atoms with Gasteiger partial charge in [-0.2, -0.15) is 0 Å². The molecule has 3 nitrogen and oxygen atoms in total. The Hall–Kier alpha value is -0.770. The lowest BCUT2D eigenvalue weighted by atomic mass is 10.2. The predicted octanol–water partition coefficient (Wildman–Crippen LogP) is 3.01. The van der Waals surface area contributed by atoms with Crippen LogP contribution in [0, 0.1) is 0 Å². The molecule has 0 aliphatic heterocycles. The van der Waals surface area contributed by atoms with Gasteiger partial charge in [-0.05, 0) is 31.9 Å². The Morgan fingerprint density at radius 2 is 2.22 bits per heavy atom. The van der Waals surface area contributed by atoms with Crippen molar-refractivity contribution in [3.8, 4) is 5.75 Å². The molecular weight excluding hydrogens is 250 g/mol. The van der Waals surface area contributed by atoms with E-state index in [1.54, 1.807) is 7.11 Å². The number of methoxy groups -OCH3 is 1. The molecule has 1 saturated carbocycles. The number of benzene rings is 1. The summed E-state index contributed by atoms with van der Waals surface area (Å²) in [5, 5.41) is 4.22. The van der Waals surface area contributed by atoms with E-state index in [1.807, 2.05) is 25.1 Å². The summed E-state index contributed by atoms with van der Waals surface area (Å²) in [6.45, 7) is 3.28. The van der Waals surface area contributed by atoms with E-state index < -0.39 is 0 Å². The quantitative estimate of drug-likeness (QED) is 0.825. The van der Waals surface area contributed by atoms with Gasteiger partial charge in [0, 0.05) is 30.3 Å². The Morgan fingerprint density at radius 1 is 1.44 bits per heavy atom. The van der Waals surface area contributed by atoms with Gasteiger partial charge in [-0.15, -0.1) is 0 Å². The van der Waals surface area contributed by atoms with Crippen molar-refractivity contribution in [3.05, 3.63) is 28.8 Å². The second kappa shape index (κ2) is 6.41. The van der Waals surface area contributed by atoms with Gasteiger partial charge in [0.15, 0.2) is 0 Å². The fraction of sp³-hybridized carbons (Fsp3) is 0.571. The normalized spacial score (nSPS) is 16.6. The van der Waals surface area contributed by atoms with Crippen LogP contribution < -0.4 is 10.1 Å². The molecule has 1 aromatic carbocycles. The number of nitrogens with one attached hydrogen (secondary N) is 1. The smallest absolute Gasteiger partial charge is 0.125 e. The van der Waals surface area contributed by atoms with Crippen molar-refractivity contribution in [1.82, 2.24) is 5.32 Å². The van der Waals surface area contributed by atoms with E-state index in [0.29, 0.717) is 12.6 Å². The molecule has 0 amide bonds. The van der Waals surface area contributed by atoms with Crippen LogP contribution in [0.3, 0.4) is 0 Å². The lowest BCUT2D eigenvalue weighted by molar-refractivity contribution is 0.0713. The van der Waals surface area contributed by atoms with Gasteiger partial charge in [-0.3, -0.25) is 0 Å². The van der Waals surface area contributed by atoms with Crippen LogP contribution in [0.1, 0.15) is 25.3 Å². The Bertz CT molecular complexity index is 393. The van der Waals surface area contributed by atoms with Gasteiger partial charge in [0.1, 0.15) is 12.4 Å². The van der Waals surface area contributed by atoms with Crippen LogP contribution in [0.25, 0.3) is 0 Å². The molecule has 0 spiro atoms. The number of hydrogen-bond acceptors (Lipinski definition) is 3. The van der Waals surface area contributed by atoms with E-state index in [1.165, 1.54) is 12.8 Å². The first-order valence-corrected chi connectivity index (χ1v) is 6.75. The molecule has 100 valence electrons. The number of halogens is 1. The summed E-state index contributed by atoms with van der Waals surface area (Å²) in [5.74, 6) is 0.847. The van der Waals surface area contributed by atoms with E-state index in [-0.39, 0.29) is 6.10 Å².